The van der Waals surface area contributed by atoms with Gasteiger partial charge in [-0.3, -0.25) is 9.78 Å². The highest BCUT2D eigenvalue weighted by atomic mass is 35.5. The Balaban J connectivity index is 1.94. The van der Waals surface area contributed by atoms with E-state index in [1.165, 1.54) is 5.56 Å². The Morgan fingerprint density at radius 1 is 1.04 bits per heavy atom. The average Bonchev–Trinajstić information content (AvgIpc) is 2.62. The van der Waals surface area contributed by atoms with Gasteiger partial charge in [0.15, 0.2) is 0 Å². The zero-order valence-electron chi connectivity index (χ0n) is 13.3. The summed E-state index contributed by atoms with van der Waals surface area (Å²) in [7, 11) is 1.78. The number of pyridine rings is 1. The summed E-state index contributed by atoms with van der Waals surface area (Å²) in [6.45, 7) is 0. The second kappa shape index (κ2) is 7.28. The third kappa shape index (κ3) is 3.63. The van der Waals surface area contributed by atoms with Crippen LogP contribution >= 0.6 is 11.6 Å². The molecule has 3 nitrogen and oxygen atoms in total. The van der Waals surface area contributed by atoms with Gasteiger partial charge in [-0.15, -0.1) is 0 Å². The highest BCUT2D eigenvalue weighted by molar-refractivity contribution is 6.30. The van der Waals surface area contributed by atoms with E-state index < -0.39 is 0 Å². The molecule has 0 aliphatic rings. The second-order valence-corrected chi connectivity index (χ2v) is 5.97. The van der Waals surface area contributed by atoms with Crippen LogP contribution in [0.3, 0.4) is 0 Å². The first-order valence-electron chi connectivity index (χ1n) is 7.65. The van der Waals surface area contributed by atoms with Gasteiger partial charge in [0.05, 0.1) is 0 Å². The maximum atomic E-state index is 12.7. The summed E-state index contributed by atoms with van der Waals surface area (Å²) in [5.74, 6) is -0.0750. The molecule has 24 heavy (non-hydrogen) atoms. The number of halogens is 1. The quantitative estimate of drug-likeness (QED) is 0.697. The molecule has 0 radical (unpaired) electrons. The van der Waals surface area contributed by atoms with Gasteiger partial charge < -0.3 is 4.90 Å². The van der Waals surface area contributed by atoms with Crippen molar-refractivity contribution >= 4 is 23.2 Å². The van der Waals surface area contributed by atoms with Gasteiger partial charge >= 0.3 is 0 Å². The fourth-order valence-electron chi connectivity index (χ4n) is 2.64. The van der Waals surface area contributed by atoms with E-state index in [1.54, 1.807) is 36.5 Å². The fraction of sp³-hybridized carbons (Fsp3) is 0.100. The Kier molecular flexibility index (Phi) is 4.92. The van der Waals surface area contributed by atoms with Gasteiger partial charge in [-0.25, -0.2) is 0 Å². The van der Waals surface area contributed by atoms with Crippen molar-refractivity contribution in [3.63, 3.8) is 0 Å². The van der Waals surface area contributed by atoms with Gasteiger partial charge in [-0.1, -0.05) is 41.9 Å². The minimum Gasteiger partial charge on any atom is -0.311 e. The molecular formula is C20H17ClN2O. The first-order chi connectivity index (χ1) is 11.6. The number of nitrogens with zero attached hydrogens (tertiary/aromatic N) is 2. The summed E-state index contributed by atoms with van der Waals surface area (Å²) in [5, 5.41) is 0.662. The lowest BCUT2D eigenvalue weighted by atomic mass is 10.0. The Labute approximate surface area is 146 Å². The second-order valence-electron chi connectivity index (χ2n) is 5.54. The van der Waals surface area contributed by atoms with E-state index >= 15 is 0 Å². The number of carbonyl (C=O) groups excluding carboxylic acids is 1. The van der Waals surface area contributed by atoms with Gasteiger partial charge in [0.1, 0.15) is 0 Å². The van der Waals surface area contributed by atoms with Gasteiger partial charge in [0, 0.05) is 35.7 Å². The molecule has 1 amide bonds. The number of anilines is 1. The summed E-state index contributed by atoms with van der Waals surface area (Å²) in [4.78, 5) is 18.3. The van der Waals surface area contributed by atoms with Crippen LogP contribution in [0.5, 0.6) is 0 Å². The maximum Gasteiger partial charge on any atom is 0.258 e. The van der Waals surface area contributed by atoms with Crippen LogP contribution in [-0.2, 0) is 6.42 Å². The molecule has 3 aromatic rings. The molecule has 0 aliphatic carbocycles. The number of benzene rings is 2. The standard InChI is InChI=1S/C20H17ClN2O/c1-23(20(24)16-9-11-22-12-10-16)19-8-7-18(21)14-17(19)13-15-5-3-2-4-6-15/h2-12,14H,13H2,1H3. The van der Waals surface area contributed by atoms with Crippen LogP contribution in [0.15, 0.2) is 73.1 Å². The van der Waals surface area contributed by atoms with Crippen molar-refractivity contribution in [3.8, 4) is 0 Å². The molecule has 0 saturated heterocycles. The third-order valence-electron chi connectivity index (χ3n) is 3.87. The van der Waals surface area contributed by atoms with Crippen molar-refractivity contribution < 1.29 is 4.79 Å². The van der Waals surface area contributed by atoms with E-state index in [1.807, 2.05) is 36.4 Å². The number of carbonyl (C=O) groups is 1. The lowest BCUT2D eigenvalue weighted by molar-refractivity contribution is 0.0992. The number of hydrogen-bond acceptors (Lipinski definition) is 2. The molecule has 0 unspecified atom stereocenters. The molecule has 0 N–H and O–H groups in total. The van der Waals surface area contributed by atoms with E-state index in [0.717, 1.165) is 11.3 Å². The minimum absolute atomic E-state index is 0.0750. The molecule has 0 spiro atoms. The Morgan fingerprint density at radius 2 is 1.75 bits per heavy atom. The summed E-state index contributed by atoms with van der Waals surface area (Å²) >= 11 is 6.17. The Bertz CT molecular complexity index is 835. The number of hydrogen-bond donors (Lipinski definition) is 0. The molecule has 120 valence electrons. The monoisotopic (exact) mass is 336 g/mol. The lowest BCUT2D eigenvalue weighted by Crippen LogP contribution is -2.27. The van der Waals surface area contributed by atoms with Crippen LogP contribution in [0.1, 0.15) is 21.5 Å². The summed E-state index contributed by atoms with van der Waals surface area (Å²) in [5.41, 5.74) is 3.64. The lowest BCUT2D eigenvalue weighted by Gasteiger charge is -2.21. The van der Waals surface area contributed by atoms with Crippen molar-refractivity contribution in [2.24, 2.45) is 0 Å². The third-order valence-corrected chi connectivity index (χ3v) is 4.11. The molecule has 0 saturated carbocycles. The first-order valence-corrected chi connectivity index (χ1v) is 8.03. The van der Waals surface area contributed by atoms with Gasteiger partial charge in [-0.05, 0) is 47.9 Å². The summed E-state index contributed by atoms with van der Waals surface area (Å²) in [6, 6.07) is 19.2. The van der Waals surface area contributed by atoms with Crippen molar-refractivity contribution in [2.75, 3.05) is 11.9 Å². The SMILES string of the molecule is CN(C(=O)c1ccncc1)c1ccc(Cl)cc1Cc1ccccc1. The number of aromatic nitrogens is 1. The highest BCUT2D eigenvalue weighted by Gasteiger charge is 2.16. The smallest absolute Gasteiger partial charge is 0.258 e. The normalized spacial score (nSPS) is 10.4. The molecule has 1 heterocycles. The van der Waals surface area contributed by atoms with E-state index in [-0.39, 0.29) is 5.91 Å². The van der Waals surface area contributed by atoms with Crippen molar-refractivity contribution in [1.82, 2.24) is 4.98 Å². The molecule has 4 heteroatoms. The Morgan fingerprint density at radius 3 is 2.46 bits per heavy atom. The highest BCUT2D eigenvalue weighted by Crippen LogP contribution is 2.27. The van der Waals surface area contributed by atoms with Crippen LogP contribution in [0.4, 0.5) is 5.69 Å². The first kappa shape index (κ1) is 16.2. The van der Waals surface area contributed by atoms with E-state index in [2.05, 4.69) is 17.1 Å². The molecular weight excluding hydrogens is 320 g/mol. The predicted molar refractivity (Wildman–Crippen MR) is 97.7 cm³/mol. The molecule has 0 fully saturated rings. The maximum absolute atomic E-state index is 12.7. The summed E-state index contributed by atoms with van der Waals surface area (Å²) in [6.07, 6.45) is 3.95. The number of rotatable bonds is 4. The average molecular weight is 337 g/mol. The fourth-order valence-corrected chi connectivity index (χ4v) is 2.83. The molecule has 2 aromatic carbocycles. The van der Waals surface area contributed by atoms with Crippen molar-refractivity contribution in [1.29, 1.82) is 0 Å². The van der Waals surface area contributed by atoms with Gasteiger partial charge in [0.25, 0.3) is 5.91 Å². The van der Waals surface area contributed by atoms with Crippen LogP contribution in [0.25, 0.3) is 0 Å². The molecule has 0 atom stereocenters. The molecule has 1 aromatic heterocycles. The molecule has 0 bridgehead atoms. The number of amides is 1. The van der Waals surface area contributed by atoms with Crippen molar-refractivity contribution in [3.05, 3.63) is 94.8 Å². The van der Waals surface area contributed by atoms with E-state index in [0.29, 0.717) is 17.0 Å². The van der Waals surface area contributed by atoms with Crippen LogP contribution in [-0.4, -0.2) is 17.9 Å². The van der Waals surface area contributed by atoms with Gasteiger partial charge in [0.2, 0.25) is 0 Å². The van der Waals surface area contributed by atoms with Crippen LogP contribution < -0.4 is 4.90 Å². The minimum atomic E-state index is -0.0750. The summed E-state index contributed by atoms with van der Waals surface area (Å²) < 4.78 is 0. The molecule has 0 aliphatic heterocycles. The molecule has 3 rings (SSSR count). The van der Waals surface area contributed by atoms with E-state index in [9.17, 15) is 4.79 Å². The topological polar surface area (TPSA) is 33.2 Å². The zero-order valence-corrected chi connectivity index (χ0v) is 14.1. The van der Waals surface area contributed by atoms with Gasteiger partial charge in [-0.2, -0.15) is 0 Å². The Hall–Kier alpha value is -2.65. The van der Waals surface area contributed by atoms with Crippen LogP contribution in [0, 0.1) is 0 Å². The largest absolute Gasteiger partial charge is 0.311 e. The van der Waals surface area contributed by atoms with Crippen LogP contribution in [0.2, 0.25) is 5.02 Å². The zero-order chi connectivity index (χ0) is 16.9. The van der Waals surface area contributed by atoms with E-state index in [4.69, 9.17) is 11.6 Å². The predicted octanol–water partition coefficient (Wildman–Crippen LogP) is 4.60. The van der Waals surface area contributed by atoms with Crippen molar-refractivity contribution in [2.45, 2.75) is 6.42 Å².